The third-order valence-electron chi connectivity index (χ3n) is 2.68. The molecule has 0 spiro atoms. The molecule has 6 nitrogen and oxygen atoms in total. The Bertz CT molecular complexity index is 431. The molecule has 0 fully saturated rings. The summed E-state index contributed by atoms with van der Waals surface area (Å²) < 4.78 is 4.94. The molecule has 19 heavy (non-hydrogen) atoms. The van der Waals surface area contributed by atoms with Crippen LogP contribution in [0.25, 0.3) is 0 Å². The highest BCUT2D eigenvalue weighted by atomic mass is 16.6. The molecule has 1 aromatic carbocycles. The van der Waals surface area contributed by atoms with E-state index in [1.807, 2.05) is 6.92 Å². The number of ether oxygens (including phenoxy) is 1. The van der Waals surface area contributed by atoms with E-state index in [4.69, 9.17) is 4.74 Å². The highest BCUT2D eigenvalue weighted by Gasteiger charge is 2.16. The maximum absolute atomic E-state index is 11.6. The summed E-state index contributed by atoms with van der Waals surface area (Å²) in [6, 6.07) is 5.88. The Morgan fingerprint density at radius 3 is 2.47 bits per heavy atom. The Morgan fingerprint density at radius 1 is 1.37 bits per heavy atom. The lowest BCUT2D eigenvalue weighted by atomic mass is 10.1. The second kappa shape index (κ2) is 7.48. The number of nitrogens with zero attached hydrogens (tertiary/aromatic N) is 1. The van der Waals surface area contributed by atoms with Gasteiger partial charge >= 0.3 is 5.97 Å². The van der Waals surface area contributed by atoms with E-state index in [2.05, 4.69) is 5.32 Å². The first kappa shape index (κ1) is 15.1. The van der Waals surface area contributed by atoms with Crippen molar-refractivity contribution in [3.05, 3.63) is 39.9 Å². The molecule has 1 atom stereocenters. The molecule has 1 rings (SSSR count). The zero-order chi connectivity index (χ0) is 14.3. The zero-order valence-electron chi connectivity index (χ0n) is 11.1. The molecule has 0 aromatic heterocycles. The summed E-state index contributed by atoms with van der Waals surface area (Å²) in [6.07, 6.45) is 0.631. The quantitative estimate of drug-likeness (QED) is 0.464. The first-order valence-electron chi connectivity index (χ1n) is 6.21. The molecule has 0 radical (unpaired) electrons. The molecule has 0 aliphatic rings. The minimum Gasteiger partial charge on any atom is -0.465 e. The van der Waals surface area contributed by atoms with Gasteiger partial charge in [-0.25, -0.2) is 0 Å². The topological polar surface area (TPSA) is 81.5 Å². The van der Waals surface area contributed by atoms with E-state index in [-0.39, 0.29) is 17.7 Å². The van der Waals surface area contributed by atoms with Gasteiger partial charge in [-0.3, -0.25) is 14.9 Å². The molecule has 1 aromatic rings. The molecule has 0 aliphatic heterocycles. The first-order chi connectivity index (χ1) is 9.08. The average molecular weight is 266 g/mol. The van der Waals surface area contributed by atoms with Gasteiger partial charge in [0.1, 0.15) is 6.04 Å². The van der Waals surface area contributed by atoms with E-state index in [0.717, 1.165) is 5.56 Å². The fourth-order valence-corrected chi connectivity index (χ4v) is 1.61. The molecule has 1 N–H and O–H groups in total. The second-order valence-corrected chi connectivity index (χ2v) is 4.02. The van der Waals surface area contributed by atoms with Gasteiger partial charge in [0.15, 0.2) is 0 Å². The van der Waals surface area contributed by atoms with Crippen LogP contribution in [0, 0.1) is 10.1 Å². The van der Waals surface area contributed by atoms with Crippen LogP contribution in [0.1, 0.15) is 25.8 Å². The van der Waals surface area contributed by atoms with Crippen molar-refractivity contribution in [1.82, 2.24) is 5.32 Å². The molecule has 104 valence electrons. The van der Waals surface area contributed by atoms with Crippen LogP contribution < -0.4 is 5.32 Å². The molecule has 6 heteroatoms. The van der Waals surface area contributed by atoms with Gasteiger partial charge in [-0.1, -0.05) is 19.1 Å². The Morgan fingerprint density at radius 2 is 2.00 bits per heavy atom. The monoisotopic (exact) mass is 266 g/mol. The average Bonchev–Trinajstić information content (AvgIpc) is 2.40. The van der Waals surface area contributed by atoms with Crippen molar-refractivity contribution in [3.63, 3.8) is 0 Å². The van der Waals surface area contributed by atoms with Crippen molar-refractivity contribution >= 4 is 11.7 Å². The normalized spacial score (nSPS) is 11.9. The van der Waals surface area contributed by atoms with Crippen LogP contribution in [0.5, 0.6) is 0 Å². The van der Waals surface area contributed by atoms with Crippen molar-refractivity contribution in [2.24, 2.45) is 0 Å². The molecule has 0 saturated heterocycles. The molecule has 0 aliphatic carbocycles. The number of benzene rings is 1. The number of carbonyl (C=O) groups excluding carboxylic acids is 1. The highest BCUT2D eigenvalue weighted by molar-refractivity contribution is 5.75. The summed E-state index contributed by atoms with van der Waals surface area (Å²) in [4.78, 5) is 21.6. The number of nitro groups is 1. The maximum atomic E-state index is 11.6. The molecule has 0 amide bonds. The molecule has 1 unspecified atom stereocenters. The van der Waals surface area contributed by atoms with Gasteiger partial charge in [-0.05, 0) is 18.9 Å². The highest BCUT2D eigenvalue weighted by Crippen LogP contribution is 2.12. The smallest absolute Gasteiger partial charge is 0.323 e. The van der Waals surface area contributed by atoms with E-state index < -0.39 is 4.92 Å². The summed E-state index contributed by atoms with van der Waals surface area (Å²) in [5.41, 5.74) is 0.939. The SMILES string of the molecule is CCOC(=O)C(CC)NCc1ccc([N+](=O)[O-])cc1. The third-order valence-corrected chi connectivity index (χ3v) is 2.68. The van der Waals surface area contributed by atoms with Gasteiger partial charge in [-0.15, -0.1) is 0 Å². The van der Waals surface area contributed by atoms with E-state index in [0.29, 0.717) is 19.6 Å². The number of hydrogen-bond acceptors (Lipinski definition) is 5. The fourth-order valence-electron chi connectivity index (χ4n) is 1.61. The predicted molar refractivity (Wildman–Crippen MR) is 70.6 cm³/mol. The number of carbonyl (C=O) groups is 1. The van der Waals surface area contributed by atoms with Crippen LogP contribution in [0.15, 0.2) is 24.3 Å². The third kappa shape index (κ3) is 4.67. The summed E-state index contributed by atoms with van der Waals surface area (Å²) in [5, 5.41) is 13.6. The van der Waals surface area contributed by atoms with Crippen molar-refractivity contribution in [1.29, 1.82) is 0 Å². The largest absolute Gasteiger partial charge is 0.465 e. The fraction of sp³-hybridized carbons (Fsp3) is 0.462. The Kier molecular flexibility index (Phi) is 5.95. The van der Waals surface area contributed by atoms with Crippen molar-refractivity contribution < 1.29 is 14.5 Å². The van der Waals surface area contributed by atoms with Crippen LogP contribution in [0.2, 0.25) is 0 Å². The zero-order valence-corrected chi connectivity index (χ0v) is 11.1. The van der Waals surface area contributed by atoms with Gasteiger partial charge in [0.25, 0.3) is 5.69 Å². The minimum absolute atomic E-state index is 0.0567. The number of nitrogens with one attached hydrogen (secondary N) is 1. The van der Waals surface area contributed by atoms with Crippen molar-refractivity contribution in [2.75, 3.05) is 6.61 Å². The van der Waals surface area contributed by atoms with Crippen LogP contribution in [-0.4, -0.2) is 23.5 Å². The summed E-state index contributed by atoms with van der Waals surface area (Å²) in [5.74, 6) is -0.271. The first-order valence-corrected chi connectivity index (χ1v) is 6.21. The van der Waals surface area contributed by atoms with Crippen LogP contribution in [0.3, 0.4) is 0 Å². The van der Waals surface area contributed by atoms with Crippen molar-refractivity contribution in [2.45, 2.75) is 32.9 Å². The number of hydrogen-bond donors (Lipinski definition) is 1. The molecule has 0 heterocycles. The van der Waals surface area contributed by atoms with Gasteiger partial charge in [0.2, 0.25) is 0 Å². The van der Waals surface area contributed by atoms with Gasteiger partial charge < -0.3 is 10.1 Å². The van der Waals surface area contributed by atoms with E-state index in [1.165, 1.54) is 12.1 Å². The molecular weight excluding hydrogens is 248 g/mol. The van der Waals surface area contributed by atoms with Gasteiger partial charge in [0.05, 0.1) is 11.5 Å². The summed E-state index contributed by atoms with van der Waals surface area (Å²) in [6.45, 7) is 4.48. The lowest BCUT2D eigenvalue weighted by Gasteiger charge is -2.15. The number of nitro benzene ring substituents is 1. The maximum Gasteiger partial charge on any atom is 0.323 e. The Hall–Kier alpha value is -1.95. The van der Waals surface area contributed by atoms with Gasteiger partial charge in [-0.2, -0.15) is 0 Å². The number of rotatable bonds is 7. The molecule has 0 saturated carbocycles. The minimum atomic E-state index is -0.440. The number of non-ortho nitro benzene ring substituents is 1. The van der Waals surface area contributed by atoms with Crippen LogP contribution in [0.4, 0.5) is 5.69 Å². The lowest BCUT2D eigenvalue weighted by molar-refractivity contribution is -0.384. The van der Waals surface area contributed by atoms with E-state index in [9.17, 15) is 14.9 Å². The molecule has 0 bridgehead atoms. The van der Waals surface area contributed by atoms with Gasteiger partial charge in [0, 0.05) is 18.7 Å². The molecular formula is C13H18N2O4. The predicted octanol–water partition coefficient (Wildman–Crippen LogP) is 2.03. The second-order valence-electron chi connectivity index (χ2n) is 4.02. The standard InChI is InChI=1S/C13H18N2O4/c1-3-12(13(16)19-4-2)14-9-10-5-7-11(8-6-10)15(17)18/h5-8,12,14H,3-4,9H2,1-2H3. The summed E-state index contributed by atoms with van der Waals surface area (Å²) in [7, 11) is 0. The lowest BCUT2D eigenvalue weighted by Crippen LogP contribution is -2.37. The Labute approximate surface area is 111 Å². The number of esters is 1. The summed E-state index contributed by atoms with van der Waals surface area (Å²) >= 11 is 0. The van der Waals surface area contributed by atoms with E-state index in [1.54, 1.807) is 19.1 Å². The van der Waals surface area contributed by atoms with E-state index >= 15 is 0 Å². The van der Waals surface area contributed by atoms with Crippen LogP contribution >= 0.6 is 0 Å². The van der Waals surface area contributed by atoms with Crippen molar-refractivity contribution in [3.8, 4) is 0 Å². The van der Waals surface area contributed by atoms with Crippen LogP contribution in [-0.2, 0) is 16.1 Å². The Balaban J connectivity index is 2.55.